The summed E-state index contributed by atoms with van der Waals surface area (Å²) in [6.45, 7) is 3.98. The molecule has 0 aliphatic carbocycles. The molecule has 4 aromatic rings. The van der Waals surface area contributed by atoms with Crippen molar-refractivity contribution in [2.75, 3.05) is 5.32 Å². The first-order valence-electron chi connectivity index (χ1n) is 8.65. The van der Waals surface area contributed by atoms with E-state index in [-0.39, 0.29) is 5.56 Å². The fourth-order valence-electron chi connectivity index (χ4n) is 3.11. The van der Waals surface area contributed by atoms with E-state index in [4.69, 9.17) is 4.98 Å². The molecule has 1 N–H and O–H groups in total. The Morgan fingerprint density at radius 1 is 1.04 bits per heavy atom. The van der Waals surface area contributed by atoms with Crippen LogP contribution in [0.15, 0.2) is 66.9 Å². The second-order valence-electron chi connectivity index (χ2n) is 6.49. The number of carbonyl (C=O) groups excluding carboxylic acids is 1. The van der Waals surface area contributed by atoms with Gasteiger partial charge in [-0.1, -0.05) is 36.4 Å². The second kappa shape index (κ2) is 6.68. The van der Waals surface area contributed by atoms with Crippen LogP contribution in [-0.2, 0) is 0 Å². The van der Waals surface area contributed by atoms with Gasteiger partial charge in [-0.15, -0.1) is 0 Å². The number of nitrogens with zero attached hydrogens (tertiary/aromatic N) is 2. The van der Waals surface area contributed by atoms with Crippen LogP contribution in [0.2, 0.25) is 0 Å². The van der Waals surface area contributed by atoms with E-state index in [1.807, 2.05) is 60.8 Å². The molecule has 1 amide bonds. The first-order chi connectivity index (χ1) is 13.0. The number of rotatable bonds is 3. The summed E-state index contributed by atoms with van der Waals surface area (Å²) in [5, 5.41) is 2.86. The summed E-state index contributed by atoms with van der Waals surface area (Å²) in [5.74, 6) is -0.546. The van der Waals surface area contributed by atoms with Crippen LogP contribution in [0.4, 0.5) is 10.2 Å². The minimum absolute atomic E-state index is 0.00436. The number of hydrogen-bond acceptors (Lipinski definition) is 2. The van der Waals surface area contributed by atoms with Crippen molar-refractivity contribution in [3.63, 3.8) is 0 Å². The van der Waals surface area contributed by atoms with Crippen LogP contribution in [0.25, 0.3) is 16.9 Å². The van der Waals surface area contributed by atoms with Gasteiger partial charge in [0.25, 0.3) is 5.91 Å². The Hall–Kier alpha value is -3.47. The zero-order chi connectivity index (χ0) is 19.0. The zero-order valence-corrected chi connectivity index (χ0v) is 15.0. The minimum atomic E-state index is -0.558. The zero-order valence-electron chi connectivity index (χ0n) is 15.0. The molecular weight excluding hydrogens is 341 g/mol. The van der Waals surface area contributed by atoms with Gasteiger partial charge in [0.2, 0.25) is 0 Å². The highest BCUT2D eigenvalue weighted by Crippen LogP contribution is 2.31. The summed E-state index contributed by atoms with van der Waals surface area (Å²) in [6.07, 6.45) is 1.86. The molecule has 5 heteroatoms. The van der Waals surface area contributed by atoms with Crippen LogP contribution < -0.4 is 5.32 Å². The van der Waals surface area contributed by atoms with Crippen LogP contribution in [-0.4, -0.2) is 15.3 Å². The van der Waals surface area contributed by atoms with Gasteiger partial charge in [-0.05, 0) is 49.2 Å². The molecule has 2 aromatic heterocycles. The predicted octanol–water partition coefficient (Wildman–Crippen LogP) is 5.01. The molecule has 0 unspecified atom stereocenters. The second-order valence-corrected chi connectivity index (χ2v) is 6.49. The normalized spacial score (nSPS) is 10.9. The van der Waals surface area contributed by atoms with Gasteiger partial charge in [-0.25, -0.2) is 9.37 Å². The van der Waals surface area contributed by atoms with Crippen molar-refractivity contribution in [2.45, 2.75) is 13.8 Å². The first-order valence-corrected chi connectivity index (χ1v) is 8.65. The van der Waals surface area contributed by atoms with Crippen LogP contribution in [0.5, 0.6) is 0 Å². The summed E-state index contributed by atoms with van der Waals surface area (Å²) in [7, 11) is 0. The highest BCUT2D eigenvalue weighted by molar-refractivity contribution is 6.06. The lowest BCUT2D eigenvalue weighted by molar-refractivity contribution is 0.102. The summed E-state index contributed by atoms with van der Waals surface area (Å²) < 4.78 is 15.9. The first kappa shape index (κ1) is 17.0. The standard InChI is InChI=1S/C22H18FN3O/c1-14-11-12-26-19(13-14)24-20(16-8-4-3-7-15(16)2)21(26)25-22(27)17-9-5-6-10-18(17)23/h3-13H,1-2H3,(H,25,27). The minimum Gasteiger partial charge on any atom is -0.306 e. The Kier molecular flexibility index (Phi) is 4.20. The smallest absolute Gasteiger partial charge is 0.259 e. The van der Waals surface area contributed by atoms with Gasteiger partial charge in [0.05, 0.1) is 5.56 Å². The van der Waals surface area contributed by atoms with Crippen LogP contribution in [0.1, 0.15) is 21.5 Å². The number of nitrogens with one attached hydrogen (secondary N) is 1. The van der Waals surface area contributed by atoms with Gasteiger partial charge < -0.3 is 5.32 Å². The van der Waals surface area contributed by atoms with E-state index in [2.05, 4.69) is 5.32 Å². The van der Waals surface area contributed by atoms with Gasteiger partial charge in [0, 0.05) is 11.8 Å². The SMILES string of the molecule is Cc1ccn2c(NC(=O)c3ccccc3F)c(-c3ccccc3C)nc2c1. The number of halogens is 1. The molecule has 0 fully saturated rings. The third-order valence-corrected chi connectivity index (χ3v) is 4.53. The number of hydrogen-bond donors (Lipinski definition) is 1. The number of aryl methyl sites for hydroxylation is 2. The molecule has 2 heterocycles. The van der Waals surface area contributed by atoms with Crippen molar-refractivity contribution in [1.82, 2.24) is 9.38 Å². The fraction of sp³-hybridized carbons (Fsp3) is 0.0909. The molecule has 0 saturated heterocycles. The Morgan fingerprint density at radius 3 is 2.56 bits per heavy atom. The molecule has 0 aliphatic rings. The predicted molar refractivity (Wildman–Crippen MR) is 104 cm³/mol. The number of pyridine rings is 1. The summed E-state index contributed by atoms with van der Waals surface area (Å²) in [6, 6.07) is 17.7. The number of benzene rings is 2. The van der Waals surface area contributed by atoms with E-state index in [1.54, 1.807) is 12.1 Å². The van der Waals surface area contributed by atoms with Crippen molar-refractivity contribution in [3.8, 4) is 11.3 Å². The van der Waals surface area contributed by atoms with Gasteiger partial charge in [0.15, 0.2) is 0 Å². The third-order valence-electron chi connectivity index (χ3n) is 4.53. The molecular formula is C22H18FN3O. The Balaban J connectivity index is 1.88. The maximum absolute atomic E-state index is 14.0. The number of amides is 1. The molecule has 27 heavy (non-hydrogen) atoms. The fourth-order valence-corrected chi connectivity index (χ4v) is 3.11. The van der Waals surface area contributed by atoms with Gasteiger partial charge in [-0.3, -0.25) is 9.20 Å². The van der Waals surface area contributed by atoms with Crippen molar-refractivity contribution in [1.29, 1.82) is 0 Å². The largest absolute Gasteiger partial charge is 0.306 e. The molecule has 0 bridgehead atoms. The van der Waals surface area contributed by atoms with E-state index >= 15 is 0 Å². The summed E-state index contributed by atoms with van der Waals surface area (Å²) in [5.41, 5.74) is 4.40. The molecule has 0 spiro atoms. The number of carbonyl (C=O) groups is 1. The maximum atomic E-state index is 14.0. The molecule has 4 rings (SSSR count). The van der Waals surface area contributed by atoms with Gasteiger partial charge in [-0.2, -0.15) is 0 Å². The molecule has 0 saturated carbocycles. The lowest BCUT2D eigenvalue weighted by Gasteiger charge is -2.10. The lowest BCUT2D eigenvalue weighted by atomic mass is 10.1. The number of aromatic nitrogens is 2. The number of anilines is 1. The Labute approximate surface area is 156 Å². The van der Waals surface area contributed by atoms with Crippen LogP contribution >= 0.6 is 0 Å². The quantitative estimate of drug-likeness (QED) is 0.559. The molecule has 0 atom stereocenters. The topological polar surface area (TPSA) is 46.4 Å². The monoisotopic (exact) mass is 359 g/mol. The Morgan fingerprint density at radius 2 is 1.78 bits per heavy atom. The van der Waals surface area contributed by atoms with E-state index in [0.29, 0.717) is 11.5 Å². The highest BCUT2D eigenvalue weighted by atomic mass is 19.1. The highest BCUT2D eigenvalue weighted by Gasteiger charge is 2.19. The van der Waals surface area contributed by atoms with E-state index in [1.165, 1.54) is 12.1 Å². The number of fused-ring (bicyclic) bond motifs is 1. The van der Waals surface area contributed by atoms with Crippen molar-refractivity contribution in [3.05, 3.63) is 89.4 Å². The van der Waals surface area contributed by atoms with Crippen molar-refractivity contribution >= 4 is 17.4 Å². The summed E-state index contributed by atoms with van der Waals surface area (Å²) >= 11 is 0. The van der Waals surface area contributed by atoms with Crippen molar-refractivity contribution in [2.24, 2.45) is 0 Å². The van der Waals surface area contributed by atoms with E-state index in [9.17, 15) is 9.18 Å². The summed E-state index contributed by atoms with van der Waals surface area (Å²) in [4.78, 5) is 17.4. The van der Waals surface area contributed by atoms with E-state index in [0.717, 1.165) is 22.3 Å². The third kappa shape index (κ3) is 3.08. The molecule has 0 radical (unpaired) electrons. The Bertz CT molecular complexity index is 1160. The van der Waals surface area contributed by atoms with Gasteiger partial charge >= 0.3 is 0 Å². The maximum Gasteiger partial charge on any atom is 0.259 e. The molecule has 2 aromatic carbocycles. The van der Waals surface area contributed by atoms with Gasteiger partial charge in [0.1, 0.15) is 23.0 Å². The molecule has 134 valence electrons. The van der Waals surface area contributed by atoms with Crippen LogP contribution in [0, 0.1) is 19.7 Å². The average molecular weight is 359 g/mol. The van der Waals surface area contributed by atoms with Crippen LogP contribution in [0.3, 0.4) is 0 Å². The molecule has 0 aliphatic heterocycles. The van der Waals surface area contributed by atoms with E-state index < -0.39 is 11.7 Å². The number of imidazole rings is 1. The average Bonchev–Trinajstić information content (AvgIpc) is 2.99. The van der Waals surface area contributed by atoms with Crippen molar-refractivity contribution < 1.29 is 9.18 Å². The lowest BCUT2D eigenvalue weighted by Crippen LogP contribution is -2.15. The molecule has 4 nitrogen and oxygen atoms in total.